The van der Waals surface area contributed by atoms with Crippen LogP contribution in [0.2, 0.25) is 18.1 Å². The van der Waals surface area contributed by atoms with E-state index in [4.69, 9.17) is 9.41 Å². The van der Waals surface area contributed by atoms with E-state index in [9.17, 15) is 24.2 Å². The van der Waals surface area contributed by atoms with Crippen LogP contribution in [0.15, 0.2) is 54.7 Å². The number of benzene rings is 2. The molecule has 14 heteroatoms. The topological polar surface area (TPSA) is 120 Å². The van der Waals surface area contributed by atoms with E-state index in [1.54, 1.807) is 17.7 Å². The van der Waals surface area contributed by atoms with Crippen molar-refractivity contribution in [1.29, 1.82) is 0 Å². The number of carboxylic acid groups (broad SMARTS) is 1. The average Bonchev–Trinajstić information content (AvgIpc) is 3.60. The summed E-state index contributed by atoms with van der Waals surface area (Å²) in [6.45, 7) is 14.7. The Morgan fingerprint density at radius 3 is 2.34 bits per heavy atom. The molecule has 2 unspecified atom stereocenters. The molecular formula is C36H50F3N5O5Si. The van der Waals surface area contributed by atoms with Crippen molar-refractivity contribution in [2.75, 3.05) is 26.2 Å². The van der Waals surface area contributed by atoms with Gasteiger partial charge in [-0.1, -0.05) is 51.1 Å². The number of aromatic nitrogens is 2. The quantitative estimate of drug-likeness (QED) is 0.173. The molecule has 0 aliphatic carbocycles. The number of aliphatic hydroxyl groups is 1. The standard InChI is InChI=1S/C36H50F3N5O5Si/c1-23(22-45)40-33(46)44(19-25-18-43(34(47)48)20-29(25)39)31(36(5,6)49-50(7,8)35(2,3)4)32-41-30(27-16-26(37)14-15-28(27)38)21-42(32)17-24-12-10-9-11-13-24/h9-16,21,23,25,29,31,45H,17-20,22H2,1-8H3,(H,40,46)(H,47,48)/t23-,25?,29?,31-/m0/s1. The fourth-order valence-electron chi connectivity index (χ4n) is 6.13. The fourth-order valence-corrected chi connectivity index (χ4v) is 7.86. The zero-order valence-corrected chi connectivity index (χ0v) is 31.1. The largest absolute Gasteiger partial charge is 0.465 e. The van der Waals surface area contributed by atoms with E-state index >= 15 is 8.78 Å². The Hall–Kier alpha value is -3.88. The SMILES string of the molecule is C[C@@H](CO)NC(=O)N(CC1CN(C(=O)O)CC1F)[C@@H](c1nc(-c2cc(F)ccc2F)cn1Cc1ccccc1)C(C)(C)O[Si](C)(C)C(C)(C)C. The maximum absolute atomic E-state index is 15.6. The molecule has 2 heterocycles. The minimum atomic E-state index is -2.61. The molecule has 1 aliphatic rings. The summed E-state index contributed by atoms with van der Waals surface area (Å²) in [5.74, 6) is -1.98. The number of alkyl halides is 1. The van der Waals surface area contributed by atoms with Gasteiger partial charge in [-0.05, 0) is 62.7 Å². The molecule has 3 aromatic rings. The molecule has 0 saturated carbocycles. The second-order valence-electron chi connectivity index (χ2n) is 15.2. The van der Waals surface area contributed by atoms with Crippen LogP contribution < -0.4 is 5.32 Å². The monoisotopic (exact) mass is 717 g/mol. The molecule has 4 rings (SSSR count). The smallest absolute Gasteiger partial charge is 0.407 e. The summed E-state index contributed by atoms with van der Waals surface area (Å²) in [7, 11) is -2.61. The lowest BCUT2D eigenvalue weighted by Gasteiger charge is -2.48. The molecule has 274 valence electrons. The number of nitrogens with zero attached hydrogens (tertiary/aromatic N) is 4. The minimum absolute atomic E-state index is 0.0819. The van der Waals surface area contributed by atoms with Crippen molar-refractivity contribution in [3.8, 4) is 11.3 Å². The van der Waals surface area contributed by atoms with Gasteiger partial charge in [-0.25, -0.2) is 27.7 Å². The highest BCUT2D eigenvalue weighted by atomic mass is 28.4. The Kier molecular flexibility index (Phi) is 11.8. The number of hydrogen-bond acceptors (Lipinski definition) is 5. The molecule has 1 aromatic heterocycles. The van der Waals surface area contributed by atoms with Crippen LogP contribution in [-0.2, 0) is 11.0 Å². The summed E-state index contributed by atoms with van der Waals surface area (Å²) in [6.07, 6.45) is -1.23. The van der Waals surface area contributed by atoms with Gasteiger partial charge in [0.2, 0.25) is 0 Å². The molecule has 1 saturated heterocycles. The maximum atomic E-state index is 15.6. The highest BCUT2D eigenvalue weighted by Gasteiger charge is 2.50. The summed E-state index contributed by atoms with van der Waals surface area (Å²) in [4.78, 5) is 33.5. The number of rotatable bonds is 12. The number of halogens is 3. The lowest BCUT2D eigenvalue weighted by atomic mass is 9.94. The van der Waals surface area contributed by atoms with Gasteiger partial charge in [0.25, 0.3) is 0 Å². The Bertz CT molecular complexity index is 1650. The van der Waals surface area contributed by atoms with Crippen LogP contribution in [0.4, 0.5) is 22.8 Å². The molecule has 0 radical (unpaired) electrons. The Morgan fingerprint density at radius 1 is 1.10 bits per heavy atom. The normalized spacial score (nSPS) is 18.2. The van der Waals surface area contributed by atoms with E-state index in [2.05, 4.69) is 39.2 Å². The first-order valence-corrected chi connectivity index (χ1v) is 19.7. The highest BCUT2D eigenvalue weighted by Crippen LogP contribution is 2.45. The van der Waals surface area contributed by atoms with Crippen LogP contribution in [0, 0.1) is 17.6 Å². The van der Waals surface area contributed by atoms with E-state index < -0.39 is 61.9 Å². The van der Waals surface area contributed by atoms with Gasteiger partial charge in [0.1, 0.15) is 29.7 Å². The number of nitrogens with one attached hydrogen (secondary N) is 1. The van der Waals surface area contributed by atoms with E-state index in [1.165, 1.54) is 4.90 Å². The van der Waals surface area contributed by atoms with Crippen molar-refractivity contribution in [1.82, 2.24) is 24.7 Å². The van der Waals surface area contributed by atoms with Crippen molar-refractivity contribution in [2.24, 2.45) is 5.92 Å². The number of carbonyl (C=O) groups is 2. The average molecular weight is 718 g/mol. The summed E-state index contributed by atoms with van der Waals surface area (Å²) in [5.41, 5.74) is -0.328. The van der Waals surface area contributed by atoms with Crippen molar-refractivity contribution >= 4 is 20.4 Å². The van der Waals surface area contributed by atoms with E-state index in [0.717, 1.165) is 28.7 Å². The summed E-state index contributed by atoms with van der Waals surface area (Å²) in [5, 5.41) is 22.0. The first kappa shape index (κ1) is 38.9. The first-order valence-electron chi connectivity index (χ1n) is 16.8. The lowest BCUT2D eigenvalue weighted by Crippen LogP contribution is -2.58. The van der Waals surface area contributed by atoms with Gasteiger partial charge in [0.05, 0.1) is 30.5 Å². The maximum Gasteiger partial charge on any atom is 0.407 e. The zero-order valence-electron chi connectivity index (χ0n) is 30.1. The van der Waals surface area contributed by atoms with Gasteiger partial charge in [-0.15, -0.1) is 0 Å². The lowest BCUT2D eigenvalue weighted by molar-refractivity contribution is -0.00817. The molecule has 2 aromatic carbocycles. The molecule has 3 N–H and O–H groups in total. The summed E-state index contributed by atoms with van der Waals surface area (Å²) < 4.78 is 54.2. The van der Waals surface area contributed by atoms with Crippen LogP contribution in [0.1, 0.15) is 59.0 Å². The Balaban J connectivity index is 1.99. The molecule has 4 atom stereocenters. The third-order valence-corrected chi connectivity index (χ3v) is 14.4. The number of imidazole rings is 1. The number of hydrogen-bond donors (Lipinski definition) is 3. The van der Waals surface area contributed by atoms with Gasteiger partial charge in [-0.3, -0.25) is 0 Å². The predicted octanol–water partition coefficient (Wildman–Crippen LogP) is 7.06. The van der Waals surface area contributed by atoms with Crippen molar-refractivity contribution < 1.29 is 37.4 Å². The van der Waals surface area contributed by atoms with Gasteiger partial charge in [-0.2, -0.15) is 0 Å². The van der Waals surface area contributed by atoms with E-state index in [1.807, 2.05) is 44.2 Å². The fraction of sp³-hybridized carbons (Fsp3) is 0.528. The third kappa shape index (κ3) is 8.88. The number of amides is 3. The van der Waals surface area contributed by atoms with Crippen LogP contribution in [0.25, 0.3) is 11.3 Å². The van der Waals surface area contributed by atoms with Crippen LogP contribution in [0.5, 0.6) is 0 Å². The van der Waals surface area contributed by atoms with Gasteiger partial charge in [0, 0.05) is 37.3 Å². The number of likely N-dealkylation sites (tertiary alicyclic amines) is 1. The molecule has 10 nitrogen and oxygen atoms in total. The van der Waals surface area contributed by atoms with E-state index in [0.29, 0.717) is 0 Å². The van der Waals surface area contributed by atoms with E-state index in [-0.39, 0.29) is 54.9 Å². The molecular weight excluding hydrogens is 668 g/mol. The van der Waals surface area contributed by atoms with Gasteiger partial charge < -0.3 is 34.3 Å². The van der Waals surface area contributed by atoms with Crippen LogP contribution in [-0.4, -0.2) is 94.1 Å². The third-order valence-electron chi connectivity index (χ3n) is 9.71. The number of carbonyl (C=O) groups excluding carboxylic acids is 1. The van der Waals surface area contributed by atoms with Crippen molar-refractivity contribution in [2.45, 2.75) is 90.1 Å². The Morgan fingerprint density at radius 2 is 1.76 bits per heavy atom. The Labute approximate surface area is 293 Å². The van der Waals surface area contributed by atoms with Crippen molar-refractivity contribution in [3.63, 3.8) is 0 Å². The molecule has 1 fully saturated rings. The second-order valence-corrected chi connectivity index (χ2v) is 20.0. The molecule has 50 heavy (non-hydrogen) atoms. The zero-order chi connectivity index (χ0) is 37.2. The predicted molar refractivity (Wildman–Crippen MR) is 188 cm³/mol. The highest BCUT2D eigenvalue weighted by molar-refractivity contribution is 6.74. The molecule has 0 spiro atoms. The minimum Gasteiger partial charge on any atom is -0.465 e. The molecule has 0 bridgehead atoms. The van der Waals surface area contributed by atoms with Crippen LogP contribution >= 0.6 is 0 Å². The second kappa shape index (κ2) is 15.2. The van der Waals surface area contributed by atoms with Gasteiger partial charge >= 0.3 is 12.1 Å². The first-order chi connectivity index (χ1) is 23.2. The number of urea groups is 1. The van der Waals surface area contributed by atoms with Crippen LogP contribution in [0.3, 0.4) is 0 Å². The number of aliphatic hydroxyl groups excluding tert-OH is 1. The molecule has 1 aliphatic heterocycles. The summed E-state index contributed by atoms with van der Waals surface area (Å²) in [6, 6.07) is 10.1. The van der Waals surface area contributed by atoms with Crippen molar-refractivity contribution in [3.05, 3.63) is 77.8 Å². The molecule has 3 amide bonds. The summed E-state index contributed by atoms with van der Waals surface area (Å²) >= 11 is 0. The van der Waals surface area contributed by atoms with Gasteiger partial charge in [0.15, 0.2) is 8.32 Å².